The highest BCUT2D eigenvalue weighted by Crippen LogP contribution is 2.20. The lowest BCUT2D eigenvalue weighted by molar-refractivity contribution is -0.121. The van der Waals surface area contributed by atoms with Crippen molar-refractivity contribution in [3.05, 3.63) is 65.2 Å². The van der Waals surface area contributed by atoms with Crippen LogP contribution in [0.1, 0.15) is 42.5 Å². The number of hydrogen-bond acceptors (Lipinski definition) is 3. The fourth-order valence-corrected chi connectivity index (χ4v) is 3.86. The van der Waals surface area contributed by atoms with Gasteiger partial charge in [-0.05, 0) is 50.5 Å². The van der Waals surface area contributed by atoms with E-state index >= 15 is 0 Å². The second kappa shape index (κ2) is 9.04. The monoisotopic (exact) mass is 388 g/mol. The summed E-state index contributed by atoms with van der Waals surface area (Å²) < 4.78 is 25.6. The van der Waals surface area contributed by atoms with Crippen molar-refractivity contribution in [3.63, 3.8) is 0 Å². The lowest BCUT2D eigenvalue weighted by Gasteiger charge is -2.23. The van der Waals surface area contributed by atoms with Crippen molar-refractivity contribution >= 4 is 21.6 Å². The molecule has 27 heavy (non-hydrogen) atoms. The molecule has 1 amide bonds. The van der Waals surface area contributed by atoms with E-state index in [1.54, 1.807) is 6.07 Å². The maximum absolute atomic E-state index is 12.2. The summed E-state index contributed by atoms with van der Waals surface area (Å²) >= 11 is 0. The SMILES string of the molecule is Cc1ccc([C@H](C)NC(=O)CCCN(c2cccc(C)c2)S(C)(=O)=O)cc1. The number of amides is 1. The van der Waals surface area contributed by atoms with Gasteiger partial charge < -0.3 is 5.32 Å². The molecule has 2 aromatic carbocycles. The molecule has 2 rings (SSSR count). The molecular weight excluding hydrogens is 360 g/mol. The molecule has 6 heteroatoms. The molecule has 0 radical (unpaired) electrons. The fourth-order valence-electron chi connectivity index (χ4n) is 2.90. The summed E-state index contributed by atoms with van der Waals surface area (Å²) in [4.78, 5) is 12.2. The smallest absolute Gasteiger partial charge is 0.232 e. The first-order valence-electron chi connectivity index (χ1n) is 9.07. The van der Waals surface area contributed by atoms with Crippen molar-refractivity contribution in [2.24, 2.45) is 0 Å². The van der Waals surface area contributed by atoms with E-state index in [0.29, 0.717) is 12.1 Å². The molecule has 1 atom stereocenters. The van der Waals surface area contributed by atoms with Gasteiger partial charge in [-0.25, -0.2) is 8.42 Å². The second-order valence-corrected chi connectivity index (χ2v) is 8.88. The second-order valence-electron chi connectivity index (χ2n) is 6.98. The number of carbonyl (C=O) groups is 1. The zero-order valence-electron chi connectivity index (χ0n) is 16.4. The number of nitrogens with one attached hydrogen (secondary N) is 1. The van der Waals surface area contributed by atoms with E-state index in [9.17, 15) is 13.2 Å². The largest absolute Gasteiger partial charge is 0.350 e. The number of benzene rings is 2. The van der Waals surface area contributed by atoms with Crippen LogP contribution in [-0.4, -0.2) is 27.1 Å². The molecule has 0 bridgehead atoms. The van der Waals surface area contributed by atoms with Crippen LogP contribution in [0.3, 0.4) is 0 Å². The molecule has 0 saturated carbocycles. The summed E-state index contributed by atoms with van der Waals surface area (Å²) in [7, 11) is -3.40. The van der Waals surface area contributed by atoms with Gasteiger partial charge in [-0.15, -0.1) is 0 Å². The van der Waals surface area contributed by atoms with Crippen molar-refractivity contribution in [3.8, 4) is 0 Å². The fraction of sp³-hybridized carbons (Fsp3) is 0.381. The van der Waals surface area contributed by atoms with E-state index < -0.39 is 10.0 Å². The minimum atomic E-state index is -3.40. The summed E-state index contributed by atoms with van der Waals surface area (Å²) in [6, 6.07) is 15.3. The highest BCUT2D eigenvalue weighted by atomic mass is 32.2. The average molecular weight is 389 g/mol. The molecule has 1 N–H and O–H groups in total. The Morgan fingerprint density at radius 2 is 1.74 bits per heavy atom. The lowest BCUT2D eigenvalue weighted by Crippen LogP contribution is -2.32. The Bertz CT molecular complexity index is 877. The molecule has 0 fully saturated rings. The number of anilines is 1. The third-order valence-corrected chi connectivity index (χ3v) is 5.60. The number of aryl methyl sites for hydroxylation is 2. The predicted octanol–water partition coefficient (Wildman–Crippen LogP) is 3.73. The van der Waals surface area contributed by atoms with Crippen LogP contribution in [0.25, 0.3) is 0 Å². The molecule has 0 spiro atoms. The third-order valence-electron chi connectivity index (χ3n) is 4.41. The van der Waals surface area contributed by atoms with Crippen LogP contribution >= 0.6 is 0 Å². The van der Waals surface area contributed by atoms with Gasteiger partial charge in [0.15, 0.2) is 0 Å². The standard InChI is InChI=1S/C21H28N2O3S/c1-16-10-12-19(13-11-16)18(3)22-21(24)9-6-14-23(27(4,25)26)20-8-5-7-17(2)15-20/h5,7-8,10-13,15,18H,6,9,14H2,1-4H3,(H,22,24)/t18-/m0/s1. The zero-order valence-corrected chi connectivity index (χ0v) is 17.2. The van der Waals surface area contributed by atoms with E-state index in [4.69, 9.17) is 0 Å². The molecule has 0 aliphatic carbocycles. The van der Waals surface area contributed by atoms with Gasteiger partial charge in [-0.1, -0.05) is 42.0 Å². The Morgan fingerprint density at radius 1 is 1.07 bits per heavy atom. The summed E-state index contributed by atoms with van der Waals surface area (Å²) in [6.07, 6.45) is 1.91. The quantitative estimate of drug-likeness (QED) is 0.749. The number of hydrogen-bond donors (Lipinski definition) is 1. The molecule has 5 nitrogen and oxygen atoms in total. The lowest BCUT2D eigenvalue weighted by atomic mass is 10.1. The van der Waals surface area contributed by atoms with Gasteiger partial charge >= 0.3 is 0 Å². The van der Waals surface area contributed by atoms with Gasteiger partial charge in [0.1, 0.15) is 0 Å². The van der Waals surface area contributed by atoms with Gasteiger partial charge in [0.2, 0.25) is 15.9 Å². The molecule has 0 unspecified atom stereocenters. The first-order valence-corrected chi connectivity index (χ1v) is 10.9. The van der Waals surface area contributed by atoms with E-state index in [2.05, 4.69) is 5.32 Å². The molecule has 0 saturated heterocycles. The molecule has 146 valence electrons. The van der Waals surface area contributed by atoms with Crippen LogP contribution < -0.4 is 9.62 Å². The van der Waals surface area contributed by atoms with Gasteiger partial charge in [0.05, 0.1) is 18.0 Å². The van der Waals surface area contributed by atoms with Crippen LogP contribution in [0.15, 0.2) is 48.5 Å². The normalized spacial score (nSPS) is 12.4. The van der Waals surface area contributed by atoms with E-state index in [-0.39, 0.29) is 24.9 Å². The first-order chi connectivity index (χ1) is 12.7. The number of carbonyl (C=O) groups excluding carboxylic acids is 1. The first kappa shape index (κ1) is 21.0. The summed E-state index contributed by atoms with van der Waals surface area (Å²) in [6.45, 7) is 6.16. The minimum absolute atomic E-state index is 0.0825. The predicted molar refractivity (Wildman–Crippen MR) is 110 cm³/mol. The van der Waals surface area contributed by atoms with Gasteiger partial charge in [0, 0.05) is 13.0 Å². The van der Waals surface area contributed by atoms with Crippen LogP contribution in [0.2, 0.25) is 0 Å². The van der Waals surface area contributed by atoms with Crippen LogP contribution in [0.4, 0.5) is 5.69 Å². The Labute approximate surface area is 162 Å². The highest BCUT2D eigenvalue weighted by molar-refractivity contribution is 7.92. The third kappa shape index (κ3) is 6.40. The maximum Gasteiger partial charge on any atom is 0.232 e. The minimum Gasteiger partial charge on any atom is -0.350 e. The van der Waals surface area contributed by atoms with Crippen molar-refractivity contribution in [1.29, 1.82) is 0 Å². The maximum atomic E-state index is 12.2. The van der Waals surface area contributed by atoms with Gasteiger partial charge in [-0.3, -0.25) is 9.10 Å². The summed E-state index contributed by atoms with van der Waals surface area (Å²) in [5.74, 6) is -0.0826. The molecule has 0 aliphatic rings. The Morgan fingerprint density at radius 3 is 2.33 bits per heavy atom. The topological polar surface area (TPSA) is 66.5 Å². The summed E-state index contributed by atoms with van der Waals surface area (Å²) in [5, 5.41) is 2.97. The number of rotatable bonds is 8. The Balaban J connectivity index is 1.92. The average Bonchev–Trinajstić information content (AvgIpc) is 2.58. The van der Waals surface area contributed by atoms with Crippen LogP contribution in [-0.2, 0) is 14.8 Å². The van der Waals surface area contributed by atoms with Crippen molar-refractivity contribution < 1.29 is 13.2 Å². The Kier molecular flexibility index (Phi) is 7.02. The van der Waals surface area contributed by atoms with Crippen LogP contribution in [0.5, 0.6) is 0 Å². The molecular formula is C21H28N2O3S. The van der Waals surface area contributed by atoms with Crippen LogP contribution in [0, 0.1) is 13.8 Å². The van der Waals surface area contributed by atoms with E-state index in [1.165, 1.54) is 16.1 Å². The van der Waals surface area contributed by atoms with Crippen molar-refractivity contribution in [2.75, 3.05) is 17.1 Å². The number of sulfonamides is 1. The summed E-state index contributed by atoms with van der Waals surface area (Å²) in [5.41, 5.74) is 3.84. The molecule has 0 aliphatic heterocycles. The Hall–Kier alpha value is -2.34. The van der Waals surface area contributed by atoms with Gasteiger partial charge in [-0.2, -0.15) is 0 Å². The zero-order chi connectivity index (χ0) is 20.0. The van der Waals surface area contributed by atoms with E-state index in [0.717, 1.165) is 11.1 Å². The molecule has 0 heterocycles. The number of nitrogens with zero attached hydrogens (tertiary/aromatic N) is 1. The van der Waals surface area contributed by atoms with E-state index in [1.807, 2.05) is 63.2 Å². The molecule has 0 aromatic heterocycles. The molecule has 2 aromatic rings. The van der Waals surface area contributed by atoms with Crippen molar-refractivity contribution in [1.82, 2.24) is 5.32 Å². The highest BCUT2D eigenvalue weighted by Gasteiger charge is 2.18. The van der Waals surface area contributed by atoms with Gasteiger partial charge in [0.25, 0.3) is 0 Å². The van der Waals surface area contributed by atoms with Crippen molar-refractivity contribution in [2.45, 2.75) is 39.7 Å².